The van der Waals surface area contributed by atoms with E-state index >= 15 is 0 Å². The van der Waals surface area contributed by atoms with Gasteiger partial charge in [-0.3, -0.25) is 5.32 Å². The summed E-state index contributed by atoms with van der Waals surface area (Å²) < 4.78 is 11.0. The Morgan fingerprint density at radius 3 is 2.84 bits per heavy atom. The van der Waals surface area contributed by atoms with Crippen molar-refractivity contribution in [1.29, 1.82) is 0 Å². The maximum atomic E-state index is 5.51. The third kappa shape index (κ3) is 3.93. The highest BCUT2D eigenvalue weighted by molar-refractivity contribution is 7.11. The molecular formula is C18H26N4O2S. The van der Waals surface area contributed by atoms with Crippen LogP contribution in [0.1, 0.15) is 59.5 Å². The van der Waals surface area contributed by atoms with E-state index < -0.39 is 0 Å². The lowest BCUT2D eigenvalue weighted by Crippen LogP contribution is -2.32. The van der Waals surface area contributed by atoms with Gasteiger partial charge in [-0.05, 0) is 50.9 Å². The van der Waals surface area contributed by atoms with Crippen molar-refractivity contribution in [3.05, 3.63) is 27.3 Å². The zero-order valence-corrected chi connectivity index (χ0v) is 15.8. The second kappa shape index (κ2) is 7.51. The van der Waals surface area contributed by atoms with Crippen molar-refractivity contribution in [1.82, 2.24) is 20.4 Å². The molecule has 0 bridgehead atoms. The molecule has 136 valence electrons. The van der Waals surface area contributed by atoms with Crippen LogP contribution < -0.4 is 5.32 Å². The predicted octanol–water partition coefficient (Wildman–Crippen LogP) is 3.22. The second-order valence-corrected chi connectivity index (χ2v) is 8.48. The Morgan fingerprint density at radius 1 is 1.24 bits per heavy atom. The quantitative estimate of drug-likeness (QED) is 0.880. The predicted molar refractivity (Wildman–Crippen MR) is 95.5 cm³/mol. The molecule has 1 saturated heterocycles. The number of hydrogen-bond donors (Lipinski definition) is 1. The molecule has 4 rings (SSSR count). The molecule has 0 radical (unpaired) electrons. The van der Waals surface area contributed by atoms with Crippen LogP contribution in [0.5, 0.6) is 0 Å². The minimum Gasteiger partial charge on any atom is -0.381 e. The molecule has 7 heteroatoms. The van der Waals surface area contributed by atoms with Crippen LogP contribution in [0, 0.1) is 18.8 Å². The molecule has 1 aliphatic carbocycles. The van der Waals surface area contributed by atoms with Crippen molar-refractivity contribution in [2.75, 3.05) is 13.2 Å². The third-order valence-corrected chi connectivity index (χ3v) is 6.37. The van der Waals surface area contributed by atoms with Crippen molar-refractivity contribution in [3.8, 4) is 0 Å². The Morgan fingerprint density at radius 2 is 2.08 bits per heavy atom. The van der Waals surface area contributed by atoms with Gasteiger partial charge >= 0.3 is 0 Å². The van der Waals surface area contributed by atoms with E-state index in [-0.39, 0.29) is 6.04 Å². The molecule has 2 aromatic heterocycles. The first-order valence-corrected chi connectivity index (χ1v) is 10.1. The lowest BCUT2D eigenvalue weighted by atomic mass is 9.91. The molecule has 1 N–H and O–H groups in total. The van der Waals surface area contributed by atoms with E-state index in [1.807, 2.05) is 18.3 Å². The van der Waals surface area contributed by atoms with Gasteiger partial charge < -0.3 is 9.26 Å². The average Bonchev–Trinajstić information content (AvgIpc) is 3.22. The normalized spacial score (nSPS) is 22.7. The minimum atomic E-state index is 0.0740. The van der Waals surface area contributed by atoms with E-state index in [0.29, 0.717) is 17.6 Å². The van der Waals surface area contributed by atoms with E-state index in [9.17, 15) is 0 Å². The highest BCUT2D eigenvalue weighted by Gasteiger charge is 2.30. The lowest BCUT2D eigenvalue weighted by molar-refractivity contribution is 0.0485. The summed E-state index contributed by atoms with van der Waals surface area (Å²) in [5.74, 6) is 2.63. The largest absolute Gasteiger partial charge is 0.381 e. The Kier molecular flexibility index (Phi) is 5.15. The zero-order chi connectivity index (χ0) is 17.2. The zero-order valence-electron chi connectivity index (χ0n) is 15.0. The number of nitrogens with one attached hydrogen (secondary N) is 1. The number of thiazole rings is 1. The molecule has 2 atom stereocenters. The SMILES string of the molecule is Cc1noc(C(NCc2nc3c(s2)CC(C)CC3)C2CCOCC2)n1. The number of rotatable bonds is 5. The van der Waals surface area contributed by atoms with E-state index in [1.165, 1.54) is 28.4 Å². The Bertz CT molecular complexity index is 708. The summed E-state index contributed by atoms with van der Waals surface area (Å²) >= 11 is 1.86. The fourth-order valence-electron chi connectivity index (χ4n) is 3.81. The second-order valence-electron chi connectivity index (χ2n) is 7.31. The van der Waals surface area contributed by atoms with Crippen LogP contribution in [0.3, 0.4) is 0 Å². The van der Waals surface area contributed by atoms with Crippen molar-refractivity contribution in [2.45, 2.75) is 58.5 Å². The average molecular weight is 362 g/mol. The topological polar surface area (TPSA) is 73.1 Å². The highest BCUT2D eigenvalue weighted by Crippen LogP contribution is 2.32. The van der Waals surface area contributed by atoms with E-state index in [0.717, 1.165) is 44.9 Å². The van der Waals surface area contributed by atoms with Crippen LogP contribution in [0.4, 0.5) is 0 Å². The molecule has 1 aliphatic heterocycles. The van der Waals surface area contributed by atoms with Crippen molar-refractivity contribution in [3.63, 3.8) is 0 Å². The fourth-order valence-corrected chi connectivity index (χ4v) is 5.04. The number of ether oxygens (including phenoxy) is 1. The summed E-state index contributed by atoms with van der Waals surface area (Å²) in [6.45, 7) is 6.57. The van der Waals surface area contributed by atoms with E-state index in [4.69, 9.17) is 14.2 Å². The fraction of sp³-hybridized carbons (Fsp3) is 0.722. The Balaban J connectivity index is 1.47. The van der Waals surface area contributed by atoms with Crippen LogP contribution in [-0.4, -0.2) is 28.3 Å². The molecule has 2 aromatic rings. The molecule has 0 saturated carbocycles. The molecule has 25 heavy (non-hydrogen) atoms. The van der Waals surface area contributed by atoms with Gasteiger partial charge in [0.05, 0.1) is 11.7 Å². The molecule has 1 fully saturated rings. The summed E-state index contributed by atoms with van der Waals surface area (Å²) in [4.78, 5) is 10.8. The van der Waals surface area contributed by atoms with Crippen LogP contribution in [0.2, 0.25) is 0 Å². The molecular weight excluding hydrogens is 336 g/mol. The summed E-state index contributed by atoms with van der Waals surface area (Å²) in [7, 11) is 0. The first-order valence-electron chi connectivity index (χ1n) is 9.28. The first-order chi connectivity index (χ1) is 12.2. The van der Waals surface area contributed by atoms with Gasteiger partial charge in [0.15, 0.2) is 5.82 Å². The van der Waals surface area contributed by atoms with E-state index in [2.05, 4.69) is 22.4 Å². The monoisotopic (exact) mass is 362 g/mol. The number of nitrogens with zero attached hydrogens (tertiary/aromatic N) is 3. The van der Waals surface area contributed by atoms with Gasteiger partial charge in [0.1, 0.15) is 5.01 Å². The van der Waals surface area contributed by atoms with Gasteiger partial charge in [-0.2, -0.15) is 4.98 Å². The van der Waals surface area contributed by atoms with Gasteiger partial charge in [-0.15, -0.1) is 11.3 Å². The Hall–Kier alpha value is -1.31. The third-order valence-electron chi connectivity index (χ3n) is 5.25. The lowest BCUT2D eigenvalue weighted by Gasteiger charge is -2.28. The van der Waals surface area contributed by atoms with Crippen molar-refractivity contribution in [2.24, 2.45) is 11.8 Å². The minimum absolute atomic E-state index is 0.0740. The van der Waals surface area contributed by atoms with Gasteiger partial charge in [-0.1, -0.05) is 12.1 Å². The number of aromatic nitrogens is 3. The van der Waals surface area contributed by atoms with Gasteiger partial charge in [0.2, 0.25) is 5.89 Å². The summed E-state index contributed by atoms with van der Waals surface area (Å²) in [5, 5.41) is 8.80. The molecule has 0 spiro atoms. The maximum absolute atomic E-state index is 5.51. The highest BCUT2D eigenvalue weighted by atomic mass is 32.1. The molecule has 2 aliphatic rings. The van der Waals surface area contributed by atoms with Crippen LogP contribution >= 0.6 is 11.3 Å². The standard InChI is InChI=1S/C18H26N4O2S/c1-11-3-4-14-15(9-11)25-16(21-14)10-19-17(13-5-7-23-8-6-13)18-20-12(2)22-24-18/h11,13,17,19H,3-10H2,1-2H3. The van der Waals surface area contributed by atoms with Crippen LogP contribution in [-0.2, 0) is 24.1 Å². The van der Waals surface area contributed by atoms with Crippen molar-refractivity contribution >= 4 is 11.3 Å². The van der Waals surface area contributed by atoms with Gasteiger partial charge in [0, 0.05) is 24.6 Å². The summed E-state index contributed by atoms with van der Waals surface area (Å²) in [6, 6.07) is 0.0740. The summed E-state index contributed by atoms with van der Waals surface area (Å²) in [6.07, 6.45) is 5.60. The molecule has 6 nitrogen and oxygen atoms in total. The number of fused-ring (bicyclic) bond motifs is 1. The molecule has 0 amide bonds. The molecule has 3 heterocycles. The van der Waals surface area contributed by atoms with Gasteiger partial charge in [-0.25, -0.2) is 4.98 Å². The molecule has 2 unspecified atom stereocenters. The van der Waals surface area contributed by atoms with Crippen molar-refractivity contribution < 1.29 is 9.26 Å². The van der Waals surface area contributed by atoms with Crippen LogP contribution in [0.15, 0.2) is 4.52 Å². The Labute approximate surface area is 152 Å². The number of aryl methyl sites for hydroxylation is 2. The van der Waals surface area contributed by atoms with E-state index in [1.54, 1.807) is 0 Å². The van der Waals surface area contributed by atoms with Crippen LogP contribution in [0.25, 0.3) is 0 Å². The number of hydrogen-bond acceptors (Lipinski definition) is 7. The molecule has 0 aromatic carbocycles. The smallest absolute Gasteiger partial charge is 0.244 e. The summed E-state index contributed by atoms with van der Waals surface area (Å²) in [5.41, 5.74) is 1.32. The van der Waals surface area contributed by atoms with Gasteiger partial charge in [0.25, 0.3) is 0 Å². The maximum Gasteiger partial charge on any atom is 0.244 e. The first kappa shape index (κ1) is 17.1.